The summed E-state index contributed by atoms with van der Waals surface area (Å²) in [6.07, 6.45) is 6.85. The first kappa shape index (κ1) is 10.4. The Bertz CT molecular complexity index is 185. The molecule has 0 unspecified atom stereocenters. The van der Waals surface area contributed by atoms with Crippen LogP contribution in [0.1, 0.15) is 40.5 Å². The fraction of sp³-hybridized carbons (Fsp3) is 0.818. The Hall–Kier alpha value is -0.660. The summed E-state index contributed by atoms with van der Waals surface area (Å²) in [6, 6.07) is 0. The molecule has 13 heavy (non-hydrogen) atoms. The van der Waals surface area contributed by atoms with Crippen molar-refractivity contribution >= 4 is 0 Å². The molecule has 1 rings (SSSR count). The van der Waals surface area contributed by atoms with Gasteiger partial charge in [-0.25, -0.2) is 0 Å². The summed E-state index contributed by atoms with van der Waals surface area (Å²) in [6.45, 7) is 11.3. The van der Waals surface area contributed by atoms with E-state index < -0.39 is 0 Å². The molecule has 2 nitrogen and oxygen atoms in total. The van der Waals surface area contributed by atoms with Crippen LogP contribution in [0, 0.1) is 0 Å². The Balaban J connectivity index is 2.46. The first-order chi connectivity index (χ1) is 6.10. The van der Waals surface area contributed by atoms with Crippen molar-refractivity contribution in [2.24, 2.45) is 0 Å². The Labute approximate surface area is 82.2 Å². The maximum Gasteiger partial charge on any atom is 0.0898 e. The van der Waals surface area contributed by atoms with Crippen LogP contribution in [0.5, 0.6) is 0 Å². The first-order valence-corrected chi connectivity index (χ1v) is 5.29. The van der Waals surface area contributed by atoms with E-state index in [0.29, 0.717) is 5.54 Å². The molecule has 1 aliphatic heterocycles. The van der Waals surface area contributed by atoms with Crippen LogP contribution < -0.4 is 0 Å². The van der Waals surface area contributed by atoms with Gasteiger partial charge < -0.3 is 9.80 Å². The van der Waals surface area contributed by atoms with Gasteiger partial charge in [-0.2, -0.15) is 0 Å². The number of hydrogen-bond donors (Lipinski definition) is 0. The lowest BCUT2D eigenvalue weighted by Crippen LogP contribution is -2.41. The van der Waals surface area contributed by atoms with Gasteiger partial charge in [-0.05, 0) is 26.7 Å². The third-order valence-corrected chi connectivity index (χ3v) is 2.94. The molecule has 0 radical (unpaired) electrons. The van der Waals surface area contributed by atoms with Crippen molar-refractivity contribution < 1.29 is 0 Å². The lowest BCUT2D eigenvalue weighted by Gasteiger charge is -2.35. The molecule has 0 N–H and O–H groups in total. The van der Waals surface area contributed by atoms with Crippen LogP contribution in [-0.2, 0) is 0 Å². The van der Waals surface area contributed by atoms with Crippen molar-refractivity contribution in [3.63, 3.8) is 0 Å². The van der Waals surface area contributed by atoms with E-state index >= 15 is 0 Å². The molecule has 0 fully saturated rings. The van der Waals surface area contributed by atoms with Gasteiger partial charge in [0.25, 0.3) is 0 Å². The van der Waals surface area contributed by atoms with Crippen molar-refractivity contribution in [1.29, 1.82) is 0 Å². The minimum absolute atomic E-state index is 0.305. The van der Waals surface area contributed by atoms with Gasteiger partial charge in [0.15, 0.2) is 0 Å². The largest absolute Gasteiger partial charge is 0.359 e. The average Bonchev–Trinajstić information content (AvgIpc) is 2.54. The maximum absolute atomic E-state index is 2.42. The zero-order valence-corrected chi connectivity index (χ0v) is 9.38. The van der Waals surface area contributed by atoms with Gasteiger partial charge in [0.2, 0.25) is 0 Å². The predicted octanol–water partition coefficient (Wildman–Crippen LogP) is 2.63. The van der Waals surface area contributed by atoms with Gasteiger partial charge in [-0.1, -0.05) is 13.8 Å². The van der Waals surface area contributed by atoms with Crippen LogP contribution in [0.2, 0.25) is 0 Å². The summed E-state index contributed by atoms with van der Waals surface area (Å²) in [5, 5.41) is 0. The van der Waals surface area contributed by atoms with Crippen molar-refractivity contribution in [1.82, 2.24) is 9.80 Å². The van der Waals surface area contributed by atoms with Crippen LogP contribution in [0.4, 0.5) is 0 Å². The third kappa shape index (κ3) is 2.39. The topological polar surface area (TPSA) is 6.48 Å². The molecule has 76 valence electrons. The van der Waals surface area contributed by atoms with Crippen LogP contribution >= 0.6 is 0 Å². The van der Waals surface area contributed by atoms with E-state index in [1.165, 1.54) is 19.4 Å². The second-order valence-electron chi connectivity index (χ2n) is 4.39. The summed E-state index contributed by atoms with van der Waals surface area (Å²) in [5.74, 6) is 0. The second-order valence-corrected chi connectivity index (χ2v) is 4.39. The quantitative estimate of drug-likeness (QED) is 0.659. The van der Waals surface area contributed by atoms with Gasteiger partial charge in [-0.15, -0.1) is 0 Å². The molecule has 0 saturated heterocycles. The molecule has 0 saturated carbocycles. The smallest absolute Gasteiger partial charge is 0.0898 e. The van der Waals surface area contributed by atoms with E-state index in [9.17, 15) is 0 Å². The normalized spacial score (nSPS) is 17.2. The van der Waals surface area contributed by atoms with E-state index in [1.54, 1.807) is 0 Å². The van der Waals surface area contributed by atoms with E-state index in [4.69, 9.17) is 0 Å². The molecule has 0 bridgehead atoms. The van der Waals surface area contributed by atoms with Crippen molar-refractivity contribution in [3.8, 4) is 0 Å². The SMILES string of the molecule is CCCN1C=CN(C(C)(C)CC)C1. The van der Waals surface area contributed by atoms with E-state index in [1.807, 2.05) is 0 Å². The Morgan fingerprint density at radius 2 is 1.92 bits per heavy atom. The van der Waals surface area contributed by atoms with E-state index in [2.05, 4.69) is 49.9 Å². The van der Waals surface area contributed by atoms with Gasteiger partial charge in [0, 0.05) is 24.5 Å². The zero-order chi connectivity index (χ0) is 9.90. The highest BCUT2D eigenvalue weighted by Gasteiger charge is 2.25. The molecule has 2 heteroatoms. The van der Waals surface area contributed by atoms with Crippen LogP contribution in [-0.4, -0.2) is 28.6 Å². The standard InChI is InChI=1S/C11H22N2/c1-5-7-12-8-9-13(10-12)11(3,4)6-2/h8-9H,5-7,10H2,1-4H3. The Morgan fingerprint density at radius 1 is 1.23 bits per heavy atom. The van der Waals surface area contributed by atoms with Crippen LogP contribution in [0.25, 0.3) is 0 Å². The molecule has 0 aliphatic carbocycles. The molecular weight excluding hydrogens is 160 g/mol. The molecule has 1 aliphatic rings. The van der Waals surface area contributed by atoms with Crippen LogP contribution in [0.15, 0.2) is 12.4 Å². The molecular formula is C11H22N2. The molecule has 0 aromatic rings. The van der Waals surface area contributed by atoms with Gasteiger partial charge in [0.05, 0.1) is 6.67 Å². The molecule has 1 heterocycles. The summed E-state index contributed by atoms with van der Waals surface area (Å²) in [7, 11) is 0. The summed E-state index contributed by atoms with van der Waals surface area (Å²) in [4.78, 5) is 4.79. The van der Waals surface area contributed by atoms with Gasteiger partial charge >= 0.3 is 0 Å². The Morgan fingerprint density at radius 3 is 2.46 bits per heavy atom. The maximum atomic E-state index is 2.42. The molecule has 0 spiro atoms. The first-order valence-electron chi connectivity index (χ1n) is 5.29. The van der Waals surface area contributed by atoms with E-state index in [0.717, 1.165) is 6.67 Å². The number of nitrogens with zero attached hydrogens (tertiary/aromatic N) is 2. The second kappa shape index (κ2) is 4.03. The fourth-order valence-electron chi connectivity index (χ4n) is 1.49. The van der Waals surface area contributed by atoms with Crippen molar-refractivity contribution in [2.75, 3.05) is 13.2 Å². The van der Waals surface area contributed by atoms with Crippen molar-refractivity contribution in [3.05, 3.63) is 12.4 Å². The van der Waals surface area contributed by atoms with Crippen molar-refractivity contribution in [2.45, 2.75) is 46.1 Å². The Kier molecular flexibility index (Phi) is 3.23. The monoisotopic (exact) mass is 182 g/mol. The third-order valence-electron chi connectivity index (χ3n) is 2.94. The fourth-order valence-corrected chi connectivity index (χ4v) is 1.49. The van der Waals surface area contributed by atoms with Crippen LogP contribution in [0.3, 0.4) is 0 Å². The summed E-state index contributed by atoms with van der Waals surface area (Å²) < 4.78 is 0. The molecule has 0 atom stereocenters. The summed E-state index contributed by atoms with van der Waals surface area (Å²) >= 11 is 0. The number of rotatable bonds is 4. The summed E-state index contributed by atoms with van der Waals surface area (Å²) in [5.41, 5.74) is 0.305. The highest BCUT2D eigenvalue weighted by Crippen LogP contribution is 2.22. The molecule has 0 aromatic heterocycles. The van der Waals surface area contributed by atoms with Gasteiger partial charge in [0.1, 0.15) is 0 Å². The lowest BCUT2D eigenvalue weighted by atomic mass is 10.0. The lowest BCUT2D eigenvalue weighted by molar-refractivity contribution is 0.142. The average molecular weight is 182 g/mol. The minimum atomic E-state index is 0.305. The predicted molar refractivity (Wildman–Crippen MR) is 57.2 cm³/mol. The highest BCUT2D eigenvalue weighted by atomic mass is 15.4. The molecule has 0 aromatic carbocycles. The van der Waals surface area contributed by atoms with Gasteiger partial charge in [-0.3, -0.25) is 0 Å². The molecule has 0 amide bonds. The number of hydrogen-bond acceptors (Lipinski definition) is 2. The van der Waals surface area contributed by atoms with E-state index in [-0.39, 0.29) is 0 Å². The highest BCUT2D eigenvalue weighted by molar-refractivity contribution is 4.97. The zero-order valence-electron chi connectivity index (χ0n) is 9.38. The minimum Gasteiger partial charge on any atom is -0.359 e.